The lowest BCUT2D eigenvalue weighted by atomic mass is 10.0. The lowest BCUT2D eigenvalue weighted by molar-refractivity contribution is 0.717. The fourth-order valence-electron chi connectivity index (χ4n) is 1.69. The molecule has 1 aromatic carbocycles. The topological polar surface area (TPSA) is 38.9 Å². The van der Waals surface area contributed by atoms with Crippen molar-refractivity contribution in [1.29, 1.82) is 0 Å². The Hall–Kier alpha value is -0.650. The van der Waals surface area contributed by atoms with Crippen LogP contribution in [0.2, 0.25) is 5.02 Å². The van der Waals surface area contributed by atoms with Crippen molar-refractivity contribution in [3.05, 3.63) is 62.4 Å². The lowest BCUT2D eigenvalue weighted by Crippen LogP contribution is -2.14. The smallest absolute Gasteiger partial charge is 0.0622 e. The van der Waals surface area contributed by atoms with Gasteiger partial charge in [0.1, 0.15) is 0 Å². The largest absolute Gasteiger partial charge is 0.324 e. The number of aromatic nitrogens is 1. The minimum atomic E-state index is -0.0389. The summed E-state index contributed by atoms with van der Waals surface area (Å²) in [5.41, 5.74) is 8.40. The fraction of sp³-hybridized carbons (Fsp3) is 0.154. The van der Waals surface area contributed by atoms with E-state index < -0.39 is 0 Å². The Morgan fingerprint density at radius 3 is 2.76 bits per heavy atom. The van der Waals surface area contributed by atoms with Gasteiger partial charge in [0.2, 0.25) is 0 Å². The molecule has 0 saturated heterocycles. The average Bonchev–Trinajstić information content (AvgIpc) is 2.32. The van der Waals surface area contributed by atoms with Crippen LogP contribution < -0.4 is 5.73 Å². The second-order valence-corrected chi connectivity index (χ2v) is 5.37. The molecule has 1 atom stereocenters. The SMILES string of the molecule is NC(Cc1ccncc1Cl)c1ccccc1I. The van der Waals surface area contributed by atoms with Gasteiger partial charge in [0.15, 0.2) is 0 Å². The highest BCUT2D eigenvalue weighted by molar-refractivity contribution is 14.1. The molecule has 2 N–H and O–H groups in total. The van der Waals surface area contributed by atoms with E-state index in [9.17, 15) is 0 Å². The van der Waals surface area contributed by atoms with Crippen molar-refractivity contribution in [2.24, 2.45) is 5.73 Å². The Bertz CT molecular complexity index is 516. The van der Waals surface area contributed by atoms with Gasteiger partial charge >= 0.3 is 0 Å². The van der Waals surface area contributed by atoms with Gasteiger partial charge in [-0.3, -0.25) is 4.98 Å². The minimum absolute atomic E-state index is 0.0389. The monoisotopic (exact) mass is 358 g/mol. The molecule has 0 aliphatic carbocycles. The number of nitrogens with two attached hydrogens (primary N) is 1. The van der Waals surface area contributed by atoms with Crippen LogP contribution in [0, 0.1) is 3.57 Å². The highest BCUT2D eigenvalue weighted by Crippen LogP contribution is 2.24. The molecule has 0 amide bonds. The van der Waals surface area contributed by atoms with E-state index in [2.05, 4.69) is 39.7 Å². The van der Waals surface area contributed by atoms with Crippen molar-refractivity contribution in [1.82, 2.24) is 4.98 Å². The molecule has 4 heteroatoms. The zero-order chi connectivity index (χ0) is 12.3. The first kappa shape index (κ1) is 12.8. The molecule has 2 nitrogen and oxygen atoms in total. The minimum Gasteiger partial charge on any atom is -0.324 e. The number of benzene rings is 1. The summed E-state index contributed by atoms with van der Waals surface area (Å²) in [7, 11) is 0. The van der Waals surface area contributed by atoms with Crippen molar-refractivity contribution in [3.63, 3.8) is 0 Å². The Labute approximate surface area is 119 Å². The maximum atomic E-state index is 6.21. The Kier molecular flexibility index (Phi) is 4.36. The molecule has 0 aliphatic rings. The van der Waals surface area contributed by atoms with Gasteiger partial charge < -0.3 is 5.73 Å². The van der Waals surface area contributed by atoms with E-state index in [4.69, 9.17) is 17.3 Å². The van der Waals surface area contributed by atoms with Crippen LogP contribution in [0.25, 0.3) is 0 Å². The number of hydrogen-bond donors (Lipinski definition) is 1. The predicted molar refractivity (Wildman–Crippen MR) is 79.0 cm³/mol. The Balaban J connectivity index is 2.20. The summed E-state index contributed by atoms with van der Waals surface area (Å²) in [5, 5.41) is 0.675. The zero-order valence-corrected chi connectivity index (χ0v) is 12.0. The molecule has 2 aromatic rings. The summed E-state index contributed by atoms with van der Waals surface area (Å²) in [6.07, 6.45) is 4.12. The summed E-state index contributed by atoms with van der Waals surface area (Å²) in [5.74, 6) is 0. The van der Waals surface area contributed by atoms with E-state index in [1.165, 1.54) is 3.57 Å². The quantitative estimate of drug-likeness (QED) is 0.852. The predicted octanol–water partition coefficient (Wildman–Crippen LogP) is 3.58. The molecule has 17 heavy (non-hydrogen) atoms. The molecule has 0 saturated carbocycles. The van der Waals surface area contributed by atoms with Crippen LogP contribution in [0.3, 0.4) is 0 Å². The lowest BCUT2D eigenvalue weighted by Gasteiger charge is -2.14. The standard InChI is InChI=1S/C13H12ClIN2/c14-11-8-17-6-5-9(11)7-13(16)10-3-1-2-4-12(10)15/h1-6,8,13H,7,16H2. The maximum Gasteiger partial charge on any atom is 0.0622 e. The van der Waals surface area contributed by atoms with Gasteiger partial charge in [-0.05, 0) is 52.3 Å². The van der Waals surface area contributed by atoms with Crippen LogP contribution >= 0.6 is 34.2 Å². The van der Waals surface area contributed by atoms with Crippen molar-refractivity contribution in [2.75, 3.05) is 0 Å². The third-order valence-electron chi connectivity index (χ3n) is 2.60. The molecule has 1 unspecified atom stereocenters. The van der Waals surface area contributed by atoms with E-state index in [0.717, 1.165) is 17.5 Å². The third-order valence-corrected chi connectivity index (χ3v) is 3.92. The Morgan fingerprint density at radius 2 is 2.06 bits per heavy atom. The first-order valence-corrected chi connectivity index (χ1v) is 6.72. The molecule has 1 heterocycles. The molecular weight excluding hydrogens is 347 g/mol. The molecular formula is C13H12ClIN2. The summed E-state index contributed by atoms with van der Waals surface area (Å²) in [6.45, 7) is 0. The van der Waals surface area contributed by atoms with Crippen molar-refractivity contribution >= 4 is 34.2 Å². The molecule has 0 bridgehead atoms. The molecule has 1 aromatic heterocycles. The number of rotatable bonds is 3. The van der Waals surface area contributed by atoms with Gasteiger partial charge in [0.05, 0.1) is 5.02 Å². The van der Waals surface area contributed by atoms with Crippen molar-refractivity contribution in [3.8, 4) is 0 Å². The van der Waals surface area contributed by atoms with Gasteiger partial charge in [-0.15, -0.1) is 0 Å². The van der Waals surface area contributed by atoms with E-state index in [0.29, 0.717) is 5.02 Å². The summed E-state index contributed by atoms with van der Waals surface area (Å²) >= 11 is 8.38. The molecule has 0 radical (unpaired) electrons. The van der Waals surface area contributed by atoms with Crippen LogP contribution in [0.15, 0.2) is 42.7 Å². The first-order valence-electron chi connectivity index (χ1n) is 5.27. The third kappa shape index (κ3) is 3.18. The number of halogens is 2. The summed E-state index contributed by atoms with van der Waals surface area (Å²) in [4.78, 5) is 3.97. The number of hydrogen-bond acceptors (Lipinski definition) is 2. The van der Waals surface area contributed by atoms with Crippen molar-refractivity contribution < 1.29 is 0 Å². The summed E-state index contributed by atoms with van der Waals surface area (Å²) < 4.78 is 1.18. The second-order valence-electron chi connectivity index (χ2n) is 3.80. The zero-order valence-electron chi connectivity index (χ0n) is 9.11. The van der Waals surface area contributed by atoms with Gasteiger partial charge in [0.25, 0.3) is 0 Å². The average molecular weight is 359 g/mol. The van der Waals surface area contributed by atoms with Crippen LogP contribution in [-0.4, -0.2) is 4.98 Å². The Morgan fingerprint density at radius 1 is 1.29 bits per heavy atom. The molecule has 0 spiro atoms. The van der Waals surface area contributed by atoms with Crippen molar-refractivity contribution in [2.45, 2.75) is 12.5 Å². The number of pyridine rings is 1. The first-order chi connectivity index (χ1) is 8.18. The molecule has 0 fully saturated rings. The normalized spacial score (nSPS) is 12.4. The maximum absolute atomic E-state index is 6.21. The highest BCUT2D eigenvalue weighted by atomic mass is 127. The van der Waals surface area contributed by atoms with Crippen LogP contribution in [-0.2, 0) is 6.42 Å². The van der Waals surface area contributed by atoms with E-state index >= 15 is 0 Å². The van der Waals surface area contributed by atoms with Crippen LogP contribution in [0.4, 0.5) is 0 Å². The second kappa shape index (κ2) is 5.80. The number of nitrogens with zero attached hydrogens (tertiary/aromatic N) is 1. The van der Waals surface area contributed by atoms with Gasteiger partial charge in [0, 0.05) is 22.0 Å². The highest BCUT2D eigenvalue weighted by Gasteiger charge is 2.11. The van der Waals surface area contributed by atoms with Crippen LogP contribution in [0.5, 0.6) is 0 Å². The van der Waals surface area contributed by atoms with E-state index in [1.807, 2.05) is 18.2 Å². The summed E-state index contributed by atoms with van der Waals surface area (Å²) in [6, 6.07) is 10.0. The van der Waals surface area contributed by atoms with E-state index in [-0.39, 0.29) is 6.04 Å². The molecule has 0 aliphatic heterocycles. The van der Waals surface area contributed by atoms with Crippen LogP contribution in [0.1, 0.15) is 17.2 Å². The fourth-order valence-corrected chi connectivity index (χ4v) is 2.68. The van der Waals surface area contributed by atoms with Gasteiger partial charge in [-0.2, -0.15) is 0 Å². The van der Waals surface area contributed by atoms with E-state index in [1.54, 1.807) is 12.4 Å². The van der Waals surface area contributed by atoms with Gasteiger partial charge in [-0.25, -0.2) is 0 Å². The van der Waals surface area contributed by atoms with Gasteiger partial charge in [-0.1, -0.05) is 29.8 Å². The molecule has 88 valence electrons. The molecule has 2 rings (SSSR count).